The highest BCUT2D eigenvalue weighted by Crippen LogP contribution is 2.33. The second-order valence-corrected chi connectivity index (χ2v) is 6.15. The molecule has 1 aromatic rings. The van der Waals surface area contributed by atoms with Crippen molar-refractivity contribution in [3.8, 4) is 0 Å². The summed E-state index contributed by atoms with van der Waals surface area (Å²) in [7, 11) is 0. The highest BCUT2D eigenvalue weighted by Gasteiger charge is 2.37. The van der Waals surface area contributed by atoms with Crippen molar-refractivity contribution in [2.75, 3.05) is 5.32 Å². The molecule has 1 unspecified atom stereocenters. The summed E-state index contributed by atoms with van der Waals surface area (Å²) in [4.78, 5) is 22.8. The summed E-state index contributed by atoms with van der Waals surface area (Å²) in [5.74, 6) is -0.944. The first kappa shape index (κ1) is 14.3. The van der Waals surface area contributed by atoms with Crippen molar-refractivity contribution in [3.05, 3.63) is 27.1 Å². The molecule has 0 saturated heterocycles. The molecule has 1 fully saturated rings. The first-order valence-electron chi connectivity index (χ1n) is 5.73. The molecule has 1 atom stereocenters. The minimum absolute atomic E-state index is 0.0502. The van der Waals surface area contributed by atoms with Gasteiger partial charge in [-0.3, -0.25) is 0 Å². The lowest BCUT2D eigenvalue weighted by molar-refractivity contribution is -0.139. The lowest BCUT2D eigenvalue weighted by Gasteiger charge is -2.15. The Morgan fingerprint density at radius 1 is 1.32 bits per heavy atom. The zero-order valence-corrected chi connectivity index (χ0v) is 13.0. The number of amides is 2. The first-order chi connectivity index (χ1) is 8.97. The van der Waals surface area contributed by atoms with Gasteiger partial charge >= 0.3 is 12.0 Å². The summed E-state index contributed by atoms with van der Waals surface area (Å²) >= 11 is 6.62. The van der Waals surface area contributed by atoms with E-state index in [4.69, 9.17) is 5.11 Å². The van der Waals surface area contributed by atoms with Gasteiger partial charge in [-0.1, -0.05) is 15.9 Å². The monoisotopic (exact) mass is 390 g/mol. The molecule has 1 aliphatic carbocycles. The van der Waals surface area contributed by atoms with Gasteiger partial charge in [0.15, 0.2) is 0 Å². The third-order valence-electron chi connectivity index (χ3n) is 2.82. The summed E-state index contributed by atoms with van der Waals surface area (Å²) in [6.07, 6.45) is 1.69. The largest absolute Gasteiger partial charge is 0.480 e. The number of hydrogen-bond acceptors (Lipinski definition) is 2. The molecule has 0 aromatic heterocycles. The second-order valence-electron chi connectivity index (χ2n) is 4.38. The van der Waals surface area contributed by atoms with Gasteiger partial charge in [-0.25, -0.2) is 9.59 Å². The molecule has 0 aliphatic heterocycles. The molecule has 2 amide bonds. The van der Waals surface area contributed by atoms with E-state index in [0.29, 0.717) is 5.69 Å². The number of aliphatic carboxylic acids is 1. The fourth-order valence-electron chi connectivity index (χ4n) is 1.70. The van der Waals surface area contributed by atoms with Crippen LogP contribution in [-0.4, -0.2) is 23.1 Å². The average molecular weight is 392 g/mol. The van der Waals surface area contributed by atoms with Crippen LogP contribution in [0.25, 0.3) is 0 Å². The van der Waals surface area contributed by atoms with Gasteiger partial charge in [-0.2, -0.15) is 0 Å². The van der Waals surface area contributed by atoms with Crippen LogP contribution in [0, 0.1) is 5.92 Å². The Hall–Kier alpha value is -1.08. The number of carbonyl (C=O) groups excluding carboxylic acids is 1. The van der Waals surface area contributed by atoms with E-state index < -0.39 is 18.0 Å². The Kier molecular flexibility index (Phi) is 4.46. The summed E-state index contributed by atoms with van der Waals surface area (Å²) in [6.45, 7) is 0. The van der Waals surface area contributed by atoms with Crippen molar-refractivity contribution in [2.45, 2.75) is 18.9 Å². The lowest BCUT2D eigenvalue weighted by atomic mass is 10.2. The average Bonchev–Trinajstić information content (AvgIpc) is 3.14. The standard InChI is InChI=1S/C12H12Br2N2O3/c13-7-3-4-8(14)9(5-7)15-12(19)16-10(11(17)18)6-1-2-6/h3-6,10H,1-2H2,(H,17,18)(H2,15,16,19). The normalized spacial score (nSPS) is 15.7. The SMILES string of the molecule is O=C(Nc1cc(Br)ccc1Br)NC(C(=O)O)C1CC1. The maximum atomic E-state index is 11.8. The summed E-state index contributed by atoms with van der Waals surface area (Å²) in [5.41, 5.74) is 0.576. The van der Waals surface area contributed by atoms with Crippen molar-refractivity contribution < 1.29 is 14.7 Å². The number of rotatable bonds is 4. The smallest absolute Gasteiger partial charge is 0.326 e. The highest BCUT2D eigenvalue weighted by atomic mass is 79.9. The highest BCUT2D eigenvalue weighted by molar-refractivity contribution is 9.11. The zero-order valence-electron chi connectivity index (χ0n) is 9.82. The Labute approximate surface area is 127 Å². The maximum absolute atomic E-state index is 11.8. The van der Waals surface area contributed by atoms with Gasteiger partial charge in [-0.05, 0) is 52.9 Å². The van der Waals surface area contributed by atoms with E-state index in [1.807, 2.05) is 6.07 Å². The van der Waals surface area contributed by atoms with E-state index in [1.165, 1.54) is 0 Å². The fraction of sp³-hybridized carbons (Fsp3) is 0.333. The second kappa shape index (κ2) is 5.92. The molecule has 0 bridgehead atoms. The van der Waals surface area contributed by atoms with Crippen molar-refractivity contribution >= 4 is 49.5 Å². The molecule has 3 N–H and O–H groups in total. The zero-order chi connectivity index (χ0) is 14.0. The van der Waals surface area contributed by atoms with Crippen LogP contribution in [0.4, 0.5) is 10.5 Å². The van der Waals surface area contributed by atoms with Crippen LogP contribution in [0.2, 0.25) is 0 Å². The van der Waals surface area contributed by atoms with Gasteiger partial charge in [0.05, 0.1) is 5.69 Å². The molecule has 2 rings (SSSR count). The third-order valence-corrected chi connectivity index (χ3v) is 4.01. The number of nitrogens with one attached hydrogen (secondary N) is 2. The van der Waals surface area contributed by atoms with Crippen molar-refractivity contribution in [3.63, 3.8) is 0 Å². The van der Waals surface area contributed by atoms with E-state index in [0.717, 1.165) is 21.8 Å². The molecule has 5 nitrogen and oxygen atoms in total. The van der Waals surface area contributed by atoms with E-state index in [9.17, 15) is 9.59 Å². The molecule has 1 aliphatic rings. The Balaban J connectivity index is 2.00. The van der Waals surface area contributed by atoms with Crippen LogP contribution in [0.5, 0.6) is 0 Å². The topological polar surface area (TPSA) is 78.4 Å². The number of benzene rings is 1. The van der Waals surface area contributed by atoms with E-state index >= 15 is 0 Å². The molecule has 7 heteroatoms. The summed E-state index contributed by atoms with van der Waals surface area (Å²) in [6, 6.07) is 4.02. The van der Waals surface area contributed by atoms with Crippen LogP contribution in [0.3, 0.4) is 0 Å². The summed E-state index contributed by atoms with van der Waals surface area (Å²) < 4.78 is 1.55. The predicted molar refractivity (Wildman–Crippen MR) is 78.1 cm³/mol. The lowest BCUT2D eigenvalue weighted by Crippen LogP contribution is -2.44. The fourth-order valence-corrected chi connectivity index (χ4v) is 2.41. The number of halogens is 2. The van der Waals surface area contributed by atoms with Crippen LogP contribution < -0.4 is 10.6 Å². The van der Waals surface area contributed by atoms with Gasteiger partial charge in [0, 0.05) is 8.95 Å². The molecular formula is C12H12Br2N2O3. The first-order valence-corrected chi connectivity index (χ1v) is 7.31. The number of carboxylic acid groups (broad SMARTS) is 1. The molecule has 1 aromatic carbocycles. The van der Waals surface area contributed by atoms with Gasteiger partial charge < -0.3 is 15.7 Å². The van der Waals surface area contributed by atoms with Crippen LogP contribution >= 0.6 is 31.9 Å². The maximum Gasteiger partial charge on any atom is 0.326 e. The van der Waals surface area contributed by atoms with Gasteiger partial charge in [0.2, 0.25) is 0 Å². The van der Waals surface area contributed by atoms with Gasteiger partial charge in [0.1, 0.15) is 6.04 Å². The molecule has 0 heterocycles. The molecule has 1 saturated carbocycles. The van der Waals surface area contributed by atoms with E-state index in [-0.39, 0.29) is 5.92 Å². The Bertz CT molecular complexity index is 518. The molecule has 0 spiro atoms. The number of urea groups is 1. The number of carbonyl (C=O) groups is 2. The van der Waals surface area contributed by atoms with Crippen LogP contribution in [0.15, 0.2) is 27.1 Å². The minimum Gasteiger partial charge on any atom is -0.480 e. The van der Waals surface area contributed by atoms with Crippen molar-refractivity contribution in [1.29, 1.82) is 0 Å². The summed E-state index contributed by atoms with van der Waals surface area (Å²) in [5, 5.41) is 14.2. The van der Waals surface area contributed by atoms with E-state index in [2.05, 4.69) is 42.5 Å². The van der Waals surface area contributed by atoms with Gasteiger partial charge in [0.25, 0.3) is 0 Å². The van der Waals surface area contributed by atoms with Gasteiger partial charge in [-0.15, -0.1) is 0 Å². The Morgan fingerprint density at radius 3 is 2.58 bits per heavy atom. The molecule has 102 valence electrons. The molecule has 0 radical (unpaired) electrons. The quantitative estimate of drug-likeness (QED) is 0.737. The number of hydrogen-bond donors (Lipinski definition) is 3. The van der Waals surface area contributed by atoms with Crippen molar-refractivity contribution in [2.24, 2.45) is 5.92 Å². The van der Waals surface area contributed by atoms with Crippen LogP contribution in [-0.2, 0) is 4.79 Å². The molecular weight excluding hydrogens is 380 g/mol. The number of anilines is 1. The predicted octanol–water partition coefficient (Wildman–Crippen LogP) is 3.20. The Morgan fingerprint density at radius 2 is 2.00 bits per heavy atom. The van der Waals surface area contributed by atoms with Crippen LogP contribution in [0.1, 0.15) is 12.8 Å². The third kappa shape index (κ3) is 3.94. The minimum atomic E-state index is -0.994. The molecule has 19 heavy (non-hydrogen) atoms. The van der Waals surface area contributed by atoms with Crippen molar-refractivity contribution in [1.82, 2.24) is 5.32 Å². The van der Waals surface area contributed by atoms with E-state index in [1.54, 1.807) is 12.1 Å². The number of carboxylic acids is 1.